The number of rotatable bonds is 6. The topological polar surface area (TPSA) is 187 Å². The number of cyclic esters (lactones) is 1. The number of esters is 1. The number of fused-ring (bicyclic) bond motifs is 3. The van der Waals surface area contributed by atoms with E-state index in [2.05, 4.69) is 21.3 Å². The fourth-order valence-corrected chi connectivity index (χ4v) is 8.43. The fourth-order valence-electron chi connectivity index (χ4n) is 8.43. The molecule has 0 spiro atoms. The summed E-state index contributed by atoms with van der Waals surface area (Å²) in [5.74, 6) is -7.09. The molecule has 0 bridgehead atoms. The molecule has 4 aliphatic heterocycles. The third-order valence-electron chi connectivity index (χ3n) is 11.4. The Morgan fingerprint density at radius 2 is 1.51 bits per heavy atom. The zero-order chi connectivity index (χ0) is 42.7. The lowest BCUT2D eigenvalue weighted by Gasteiger charge is -2.39. The van der Waals surface area contributed by atoms with Crippen molar-refractivity contribution in [3.05, 3.63) is 65.0 Å². The van der Waals surface area contributed by atoms with Crippen molar-refractivity contribution >= 4 is 47.2 Å². The smallest absolute Gasteiger partial charge is 0.329 e. The fraction of sp³-hybridized carbons (Fsp3) is 0.537. The van der Waals surface area contributed by atoms with Crippen molar-refractivity contribution in [2.45, 2.75) is 115 Å². The molecule has 1 unspecified atom stereocenters. The normalized spacial score (nSPS) is 27.3. The van der Waals surface area contributed by atoms with Crippen LogP contribution in [0.2, 0.25) is 0 Å². The molecule has 0 radical (unpaired) electrons. The number of piperidine rings is 1. The molecule has 4 heterocycles. The number of aryl methyl sites for hydroxylation is 1. The Hall–Kier alpha value is -5.68. The SMILES string of the molecule is Cc1ccc(NC(=O)N[C@@H](Cc2cc(F)cc(F)c2)C(=O)NC2C(=O)N3CCC[C@H]3C(=O)N3CCCC[C@H]3C(=O)N[C@@H](C)C(=O)N3C[C@H](C)C[C@H]3C(=O)O[C@H]2C)c(F)c1. The number of hydrogen-bond donors (Lipinski definition) is 4. The Morgan fingerprint density at radius 3 is 2.22 bits per heavy atom. The molecule has 2 aromatic carbocycles. The predicted octanol–water partition coefficient (Wildman–Crippen LogP) is 2.69. The number of urea groups is 1. The molecule has 7 amide bonds. The lowest BCUT2D eigenvalue weighted by Crippen LogP contribution is -2.63. The Balaban J connectivity index is 1.34. The summed E-state index contributed by atoms with van der Waals surface area (Å²) in [6, 6.07) is -1.91. The monoisotopic (exact) mass is 825 g/mol. The van der Waals surface area contributed by atoms with Gasteiger partial charge in [0.05, 0.1) is 5.69 Å². The molecule has 0 saturated carbocycles. The van der Waals surface area contributed by atoms with Gasteiger partial charge in [0.25, 0.3) is 0 Å². The Morgan fingerprint density at radius 1 is 0.831 bits per heavy atom. The van der Waals surface area contributed by atoms with Gasteiger partial charge in [-0.25, -0.2) is 22.8 Å². The van der Waals surface area contributed by atoms with Crippen molar-refractivity contribution in [1.29, 1.82) is 0 Å². The highest BCUT2D eigenvalue weighted by atomic mass is 19.1. The first-order chi connectivity index (χ1) is 28.0. The third kappa shape index (κ3) is 9.79. The van der Waals surface area contributed by atoms with Crippen molar-refractivity contribution in [3.63, 3.8) is 0 Å². The molecule has 4 fully saturated rings. The summed E-state index contributed by atoms with van der Waals surface area (Å²) in [5.41, 5.74) is 0.304. The highest BCUT2D eigenvalue weighted by Crippen LogP contribution is 2.29. The van der Waals surface area contributed by atoms with Crippen LogP contribution in [0, 0.1) is 30.3 Å². The molecule has 6 rings (SSSR count). The van der Waals surface area contributed by atoms with E-state index in [1.165, 1.54) is 40.7 Å². The van der Waals surface area contributed by atoms with E-state index in [1.54, 1.807) is 13.0 Å². The second-order valence-corrected chi connectivity index (χ2v) is 16.1. The minimum Gasteiger partial charge on any atom is -0.458 e. The van der Waals surface area contributed by atoms with Gasteiger partial charge >= 0.3 is 12.0 Å². The number of nitrogens with zero attached hydrogens (tertiary/aromatic N) is 3. The second-order valence-electron chi connectivity index (χ2n) is 16.1. The van der Waals surface area contributed by atoms with E-state index in [1.807, 2.05) is 6.92 Å². The first-order valence-corrected chi connectivity index (χ1v) is 20.0. The zero-order valence-electron chi connectivity index (χ0n) is 33.4. The zero-order valence-corrected chi connectivity index (χ0v) is 33.4. The maximum absolute atomic E-state index is 14.7. The summed E-state index contributed by atoms with van der Waals surface area (Å²) in [7, 11) is 0. The average molecular weight is 826 g/mol. The van der Waals surface area contributed by atoms with E-state index >= 15 is 0 Å². The van der Waals surface area contributed by atoms with Gasteiger partial charge in [-0.15, -0.1) is 0 Å². The number of hydrogen-bond acceptors (Lipinski definition) is 8. The summed E-state index contributed by atoms with van der Waals surface area (Å²) in [4.78, 5) is 102. The van der Waals surface area contributed by atoms with Gasteiger partial charge in [-0.2, -0.15) is 0 Å². The van der Waals surface area contributed by atoms with Gasteiger partial charge in [-0.3, -0.25) is 24.0 Å². The maximum Gasteiger partial charge on any atom is 0.329 e. The first-order valence-electron chi connectivity index (χ1n) is 20.0. The largest absolute Gasteiger partial charge is 0.458 e. The molecular weight excluding hydrogens is 775 g/mol. The summed E-state index contributed by atoms with van der Waals surface area (Å²) in [5, 5.41) is 10.0. The molecule has 4 aliphatic rings. The molecule has 2 aromatic rings. The molecule has 8 atom stereocenters. The number of benzene rings is 2. The number of nitrogens with one attached hydrogen (secondary N) is 4. The number of amides is 7. The van der Waals surface area contributed by atoms with Gasteiger partial charge in [0.1, 0.15) is 59.8 Å². The Bertz CT molecular complexity index is 1980. The van der Waals surface area contributed by atoms with Gasteiger partial charge in [-0.05, 0) is 101 Å². The van der Waals surface area contributed by atoms with Crippen molar-refractivity contribution in [2.24, 2.45) is 5.92 Å². The molecule has 18 heteroatoms. The quantitative estimate of drug-likeness (QED) is 0.321. The molecule has 15 nitrogen and oxygen atoms in total. The molecule has 0 aliphatic carbocycles. The number of carbonyl (C=O) groups excluding carboxylic acids is 7. The predicted molar refractivity (Wildman–Crippen MR) is 206 cm³/mol. The summed E-state index contributed by atoms with van der Waals surface area (Å²) in [6.07, 6.45) is 0.518. The van der Waals surface area contributed by atoms with Crippen molar-refractivity contribution in [3.8, 4) is 0 Å². The molecule has 4 N–H and O–H groups in total. The lowest BCUT2D eigenvalue weighted by atomic mass is 9.99. The van der Waals surface area contributed by atoms with Crippen LogP contribution < -0.4 is 21.3 Å². The average Bonchev–Trinajstić information content (AvgIpc) is 3.83. The van der Waals surface area contributed by atoms with Crippen LogP contribution in [0.5, 0.6) is 0 Å². The van der Waals surface area contributed by atoms with E-state index in [0.29, 0.717) is 37.3 Å². The second kappa shape index (κ2) is 18.1. The Kier molecular flexibility index (Phi) is 13.1. The van der Waals surface area contributed by atoms with Crippen LogP contribution >= 0.6 is 0 Å². The van der Waals surface area contributed by atoms with E-state index in [0.717, 1.165) is 12.1 Å². The van der Waals surface area contributed by atoms with Crippen LogP contribution in [0.25, 0.3) is 0 Å². The maximum atomic E-state index is 14.7. The van der Waals surface area contributed by atoms with E-state index < -0.39 is 108 Å². The van der Waals surface area contributed by atoms with E-state index in [-0.39, 0.29) is 49.6 Å². The summed E-state index contributed by atoms with van der Waals surface area (Å²) in [6.45, 7) is 6.86. The van der Waals surface area contributed by atoms with Gasteiger partial charge in [0, 0.05) is 32.1 Å². The molecule has 318 valence electrons. The number of halogens is 3. The molecule has 4 saturated heterocycles. The van der Waals surface area contributed by atoms with Crippen molar-refractivity contribution in [1.82, 2.24) is 30.7 Å². The highest BCUT2D eigenvalue weighted by Gasteiger charge is 2.47. The van der Waals surface area contributed by atoms with Crippen LogP contribution in [0.1, 0.15) is 70.4 Å². The summed E-state index contributed by atoms with van der Waals surface area (Å²) < 4.78 is 49.2. The molecular formula is C41H50F3N7O8. The molecule has 59 heavy (non-hydrogen) atoms. The lowest BCUT2D eigenvalue weighted by molar-refractivity contribution is -0.163. The van der Waals surface area contributed by atoms with Crippen molar-refractivity contribution < 1.29 is 51.5 Å². The minimum atomic E-state index is -1.68. The Labute approximate surface area is 339 Å². The first kappa shape index (κ1) is 42.9. The van der Waals surface area contributed by atoms with Crippen LogP contribution in [0.3, 0.4) is 0 Å². The van der Waals surface area contributed by atoms with Gasteiger partial charge in [0.2, 0.25) is 29.5 Å². The standard InChI is InChI=1S/C41H50F3N7O8/c1-21-10-11-29(28(44)14-21)46-41(58)47-30(18-25-16-26(42)19-27(43)17-25)35(52)48-34-24(4)59-40(57)33-15-22(2)20-51(33)37(54)23(3)45-36(53)31-8-5-6-12-49(31)38(55)32-9-7-13-50(32)39(34)56/h10-11,14,16-17,19,22-24,30-34H,5-9,12-13,15,18,20H2,1-4H3,(H,45,53)(H,48,52)(H2,46,47,58)/t22-,23+,24+,30+,31+,32+,33+,34?/m1/s1. The van der Waals surface area contributed by atoms with Gasteiger partial charge < -0.3 is 40.7 Å². The number of carbonyl (C=O) groups is 7. The van der Waals surface area contributed by atoms with Crippen LogP contribution in [-0.2, 0) is 39.9 Å². The third-order valence-corrected chi connectivity index (χ3v) is 11.4. The number of ether oxygens (including phenoxy) is 1. The van der Waals surface area contributed by atoms with Crippen LogP contribution in [0.15, 0.2) is 36.4 Å². The van der Waals surface area contributed by atoms with Gasteiger partial charge in [0.15, 0.2) is 0 Å². The summed E-state index contributed by atoms with van der Waals surface area (Å²) >= 11 is 0. The number of anilines is 1. The van der Waals surface area contributed by atoms with E-state index in [9.17, 15) is 46.7 Å². The highest BCUT2D eigenvalue weighted by molar-refractivity contribution is 5.99. The van der Waals surface area contributed by atoms with Crippen LogP contribution in [0.4, 0.5) is 23.7 Å². The molecule has 0 aromatic heterocycles. The van der Waals surface area contributed by atoms with E-state index in [4.69, 9.17) is 4.74 Å². The van der Waals surface area contributed by atoms with Crippen molar-refractivity contribution in [2.75, 3.05) is 25.0 Å². The van der Waals surface area contributed by atoms with Crippen LogP contribution in [-0.4, -0.2) is 118 Å². The minimum absolute atomic E-state index is 0.0482. The van der Waals surface area contributed by atoms with Gasteiger partial charge in [-0.1, -0.05) is 13.0 Å².